The summed E-state index contributed by atoms with van der Waals surface area (Å²) in [5.41, 5.74) is 1.74. The van der Waals surface area contributed by atoms with Gasteiger partial charge in [0.25, 0.3) is 5.91 Å². The third-order valence-electron chi connectivity index (χ3n) is 3.56. The maximum absolute atomic E-state index is 12.5. The Morgan fingerprint density at radius 2 is 1.92 bits per heavy atom. The third kappa shape index (κ3) is 3.90. The first-order chi connectivity index (χ1) is 12.5. The van der Waals surface area contributed by atoms with Crippen LogP contribution >= 0.6 is 35.6 Å². The molecule has 0 aromatic heterocycles. The van der Waals surface area contributed by atoms with Gasteiger partial charge in [0.05, 0.1) is 11.1 Å². The largest absolute Gasteiger partial charge is 0.507 e. The highest BCUT2D eigenvalue weighted by Gasteiger charge is 2.32. The van der Waals surface area contributed by atoms with Crippen LogP contribution in [0.2, 0.25) is 0 Å². The Hall–Kier alpha value is -2.35. The van der Waals surface area contributed by atoms with E-state index in [9.17, 15) is 15.0 Å². The van der Waals surface area contributed by atoms with Gasteiger partial charge >= 0.3 is 0 Å². The lowest BCUT2D eigenvalue weighted by Gasteiger charge is -2.06. The van der Waals surface area contributed by atoms with Gasteiger partial charge in [-0.25, -0.2) is 0 Å². The number of hydrazone groups is 1. The number of amides is 1. The molecule has 1 saturated heterocycles. The van der Waals surface area contributed by atoms with E-state index in [1.807, 2.05) is 0 Å². The van der Waals surface area contributed by atoms with E-state index in [1.54, 1.807) is 42.5 Å². The van der Waals surface area contributed by atoms with Crippen molar-refractivity contribution < 1.29 is 15.0 Å². The molecule has 5 nitrogen and oxygen atoms in total. The van der Waals surface area contributed by atoms with Crippen LogP contribution in [0.1, 0.15) is 16.7 Å². The average molecular weight is 405 g/mol. The first-order valence-corrected chi connectivity index (χ1v) is 9.23. The zero-order chi connectivity index (χ0) is 18.7. The molecule has 0 radical (unpaired) electrons. The summed E-state index contributed by atoms with van der Waals surface area (Å²) in [6.45, 7) is 0. The molecule has 0 atom stereocenters. The van der Waals surface area contributed by atoms with Crippen molar-refractivity contribution >= 4 is 58.1 Å². The Bertz CT molecular complexity index is 944. The molecule has 1 aliphatic heterocycles. The topological polar surface area (TPSA) is 73.1 Å². The van der Waals surface area contributed by atoms with Crippen molar-refractivity contribution in [2.45, 2.75) is 5.88 Å². The lowest BCUT2D eigenvalue weighted by molar-refractivity contribution is -0.122. The van der Waals surface area contributed by atoms with E-state index in [0.717, 1.165) is 22.3 Å². The molecule has 26 heavy (non-hydrogen) atoms. The zero-order valence-corrected chi connectivity index (χ0v) is 15.7. The van der Waals surface area contributed by atoms with Gasteiger partial charge in [0.15, 0.2) is 4.32 Å². The Kier molecular flexibility index (Phi) is 5.61. The van der Waals surface area contributed by atoms with Crippen LogP contribution in [0.3, 0.4) is 0 Å². The molecule has 1 fully saturated rings. The molecule has 3 rings (SSSR count). The Morgan fingerprint density at radius 3 is 2.62 bits per heavy atom. The van der Waals surface area contributed by atoms with E-state index in [1.165, 1.54) is 12.3 Å². The summed E-state index contributed by atoms with van der Waals surface area (Å²) in [7, 11) is 0. The van der Waals surface area contributed by atoms with Gasteiger partial charge in [-0.15, -0.1) is 11.6 Å². The van der Waals surface area contributed by atoms with E-state index < -0.39 is 5.91 Å². The number of rotatable bonds is 4. The van der Waals surface area contributed by atoms with Crippen molar-refractivity contribution in [2.75, 3.05) is 0 Å². The number of para-hydroxylation sites is 1. The van der Waals surface area contributed by atoms with Crippen molar-refractivity contribution in [2.24, 2.45) is 5.10 Å². The van der Waals surface area contributed by atoms with Gasteiger partial charge in [-0.1, -0.05) is 36.0 Å². The molecule has 1 amide bonds. The van der Waals surface area contributed by atoms with E-state index in [4.69, 9.17) is 23.8 Å². The van der Waals surface area contributed by atoms with E-state index in [2.05, 4.69) is 5.10 Å². The van der Waals surface area contributed by atoms with Gasteiger partial charge in [0, 0.05) is 17.0 Å². The van der Waals surface area contributed by atoms with Crippen molar-refractivity contribution in [3.63, 3.8) is 0 Å². The fraction of sp³-hybridized carbons (Fsp3) is 0.0556. The molecule has 2 N–H and O–H groups in total. The SMILES string of the molecule is O=C1C(=Cc2ccc(CCl)cc2O)SC(=S)N1N=Cc1ccccc1O. The summed E-state index contributed by atoms with van der Waals surface area (Å²) in [4.78, 5) is 12.9. The fourth-order valence-electron chi connectivity index (χ4n) is 2.21. The number of alkyl halides is 1. The number of hydrogen-bond donors (Lipinski definition) is 2. The summed E-state index contributed by atoms with van der Waals surface area (Å²) in [5, 5.41) is 25.0. The Morgan fingerprint density at radius 1 is 1.15 bits per heavy atom. The minimum absolute atomic E-state index is 0.0335. The maximum atomic E-state index is 12.5. The molecule has 0 spiro atoms. The predicted molar refractivity (Wildman–Crippen MR) is 108 cm³/mol. The summed E-state index contributed by atoms with van der Waals surface area (Å²) >= 11 is 12.0. The van der Waals surface area contributed by atoms with Gasteiger partial charge in [-0.3, -0.25) is 4.79 Å². The highest BCUT2D eigenvalue weighted by atomic mass is 35.5. The smallest absolute Gasteiger partial charge is 0.286 e. The number of thioether (sulfide) groups is 1. The maximum Gasteiger partial charge on any atom is 0.286 e. The Balaban J connectivity index is 1.84. The summed E-state index contributed by atoms with van der Waals surface area (Å²) in [6.07, 6.45) is 2.93. The van der Waals surface area contributed by atoms with Crippen LogP contribution in [0.5, 0.6) is 11.5 Å². The van der Waals surface area contributed by atoms with Crippen molar-refractivity contribution in [3.05, 3.63) is 64.1 Å². The lowest BCUT2D eigenvalue weighted by Crippen LogP contribution is -2.22. The number of phenolic OH excluding ortho intramolecular Hbond substituents is 2. The predicted octanol–water partition coefficient (Wildman–Crippen LogP) is 4.07. The highest BCUT2D eigenvalue weighted by Crippen LogP contribution is 2.34. The number of carbonyl (C=O) groups is 1. The zero-order valence-electron chi connectivity index (χ0n) is 13.3. The van der Waals surface area contributed by atoms with E-state index in [0.29, 0.717) is 16.0 Å². The van der Waals surface area contributed by atoms with Gasteiger partial charge < -0.3 is 10.2 Å². The normalized spacial score (nSPS) is 16.2. The number of aromatic hydroxyl groups is 2. The Labute approximate surface area is 164 Å². The standard InChI is InChI=1S/C18H13ClN2O3S2/c19-9-11-5-6-12(15(23)7-11)8-16-17(24)21(18(25)26-16)20-10-13-3-1-2-4-14(13)22/h1-8,10,22-23H,9H2. The fourth-order valence-corrected chi connectivity index (χ4v) is 3.54. The monoisotopic (exact) mass is 404 g/mol. The molecule has 2 aromatic rings. The third-order valence-corrected chi connectivity index (χ3v) is 5.15. The first-order valence-electron chi connectivity index (χ1n) is 7.47. The van der Waals surface area contributed by atoms with Crippen molar-refractivity contribution in [3.8, 4) is 11.5 Å². The number of halogens is 1. The number of benzene rings is 2. The van der Waals surface area contributed by atoms with Crippen LogP contribution in [0.4, 0.5) is 0 Å². The van der Waals surface area contributed by atoms with E-state index in [-0.39, 0.29) is 21.7 Å². The summed E-state index contributed by atoms with van der Waals surface area (Å²) < 4.78 is 0.268. The number of carbonyl (C=O) groups excluding carboxylic acids is 1. The van der Waals surface area contributed by atoms with Crippen LogP contribution < -0.4 is 0 Å². The minimum atomic E-state index is -0.396. The number of thiocarbonyl (C=S) groups is 1. The molecule has 0 bridgehead atoms. The van der Waals surface area contributed by atoms with Crippen LogP contribution in [0.25, 0.3) is 6.08 Å². The van der Waals surface area contributed by atoms with Gasteiger partial charge in [-0.2, -0.15) is 10.1 Å². The molecule has 0 aliphatic carbocycles. The van der Waals surface area contributed by atoms with Crippen LogP contribution in [-0.2, 0) is 10.7 Å². The van der Waals surface area contributed by atoms with Crippen molar-refractivity contribution in [1.29, 1.82) is 0 Å². The number of hydrogen-bond acceptors (Lipinski definition) is 6. The second kappa shape index (κ2) is 7.90. The molecule has 8 heteroatoms. The van der Waals surface area contributed by atoms with Crippen LogP contribution in [0.15, 0.2) is 52.5 Å². The second-order valence-electron chi connectivity index (χ2n) is 5.32. The van der Waals surface area contributed by atoms with Crippen LogP contribution in [0, 0.1) is 0 Å². The van der Waals surface area contributed by atoms with Crippen LogP contribution in [-0.4, -0.2) is 31.7 Å². The quantitative estimate of drug-likeness (QED) is 0.348. The molecule has 1 heterocycles. The molecule has 2 aromatic carbocycles. The lowest BCUT2D eigenvalue weighted by atomic mass is 10.1. The van der Waals surface area contributed by atoms with Crippen molar-refractivity contribution in [1.82, 2.24) is 5.01 Å². The summed E-state index contributed by atoms with van der Waals surface area (Å²) in [6, 6.07) is 11.6. The molecule has 1 aliphatic rings. The molecular weight excluding hydrogens is 392 g/mol. The van der Waals surface area contributed by atoms with Gasteiger partial charge in [0.1, 0.15) is 11.5 Å². The number of nitrogens with zero attached hydrogens (tertiary/aromatic N) is 2. The van der Waals surface area contributed by atoms with Gasteiger partial charge in [-0.05, 0) is 42.1 Å². The number of phenols is 2. The highest BCUT2D eigenvalue weighted by molar-refractivity contribution is 8.26. The molecule has 0 saturated carbocycles. The second-order valence-corrected chi connectivity index (χ2v) is 7.27. The van der Waals surface area contributed by atoms with E-state index >= 15 is 0 Å². The minimum Gasteiger partial charge on any atom is -0.507 e. The first kappa shape index (κ1) is 18.4. The molecule has 0 unspecified atom stereocenters. The van der Waals surface area contributed by atoms with Gasteiger partial charge in [0.2, 0.25) is 0 Å². The molecular formula is C18H13ClN2O3S2. The average Bonchev–Trinajstić information content (AvgIpc) is 2.89. The molecule has 132 valence electrons. The summed E-state index contributed by atoms with van der Waals surface area (Å²) in [5.74, 6) is -0.0167.